The third-order valence-electron chi connectivity index (χ3n) is 3.75. The summed E-state index contributed by atoms with van der Waals surface area (Å²) in [5, 5.41) is 29.1. The van der Waals surface area contributed by atoms with Gasteiger partial charge < -0.3 is 21.1 Å². The van der Waals surface area contributed by atoms with E-state index in [0.29, 0.717) is 5.56 Å². The molecule has 0 heterocycles. The van der Waals surface area contributed by atoms with Crippen molar-refractivity contribution >= 4 is 11.6 Å². The molecule has 1 saturated carbocycles. The number of hydrogen-bond donors (Lipinski definition) is 4. The van der Waals surface area contributed by atoms with Crippen LogP contribution in [0.4, 0.5) is 0 Å². The number of phenolic OH excluding ortho intramolecular Hbond substituents is 2. The first-order valence-corrected chi connectivity index (χ1v) is 6.54. The highest BCUT2D eigenvalue weighted by molar-refractivity contribution is 6.33. The van der Waals surface area contributed by atoms with Crippen molar-refractivity contribution in [2.75, 3.05) is 0 Å². The Morgan fingerprint density at radius 3 is 2.44 bits per heavy atom. The first-order valence-electron chi connectivity index (χ1n) is 6.16. The van der Waals surface area contributed by atoms with Gasteiger partial charge in [-0.1, -0.05) is 30.5 Å². The van der Waals surface area contributed by atoms with Crippen LogP contribution in [0.3, 0.4) is 0 Å². The molecule has 1 aliphatic rings. The van der Waals surface area contributed by atoms with Crippen molar-refractivity contribution in [3.8, 4) is 11.5 Å². The number of aromatic hydroxyl groups is 2. The summed E-state index contributed by atoms with van der Waals surface area (Å²) in [7, 11) is 0. The number of aliphatic hydroxyl groups is 1. The van der Waals surface area contributed by atoms with E-state index in [-0.39, 0.29) is 16.7 Å². The predicted octanol–water partition coefficient (Wildman–Crippen LogP) is 2.30. The summed E-state index contributed by atoms with van der Waals surface area (Å²) in [4.78, 5) is 0. The van der Waals surface area contributed by atoms with Crippen molar-refractivity contribution in [2.24, 2.45) is 11.7 Å². The normalized spacial score (nSPS) is 19.9. The average Bonchev–Trinajstić information content (AvgIpc) is 2.88. The van der Waals surface area contributed by atoms with Crippen LogP contribution in [0.1, 0.15) is 37.4 Å². The molecular weight excluding hydrogens is 254 g/mol. The van der Waals surface area contributed by atoms with E-state index >= 15 is 0 Å². The first-order chi connectivity index (χ1) is 8.52. The average molecular weight is 272 g/mol. The van der Waals surface area contributed by atoms with Crippen LogP contribution in [0.2, 0.25) is 5.02 Å². The lowest BCUT2D eigenvalue weighted by atomic mass is 9.90. The summed E-state index contributed by atoms with van der Waals surface area (Å²) < 4.78 is 0. The Morgan fingerprint density at radius 1 is 1.22 bits per heavy atom. The molecule has 0 saturated heterocycles. The van der Waals surface area contributed by atoms with Crippen LogP contribution in [0, 0.1) is 5.92 Å². The maximum atomic E-state index is 10.2. The minimum absolute atomic E-state index is 0.0315. The van der Waals surface area contributed by atoms with E-state index in [4.69, 9.17) is 17.3 Å². The van der Waals surface area contributed by atoms with E-state index < -0.39 is 17.9 Å². The summed E-state index contributed by atoms with van der Waals surface area (Å²) in [5.74, 6) is -0.427. The van der Waals surface area contributed by atoms with Crippen LogP contribution in [0.25, 0.3) is 0 Å². The molecule has 2 unspecified atom stereocenters. The van der Waals surface area contributed by atoms with Gasteiger partial charge in [-0.15, -0.1) is 0 Å². The maximum absolute atomic E-state index is 10.2. The van der Waals surface area contributed by atoms with Gasteiger partial charge in [-0.25, -0.2) is 0 Å². The highest BCUT2D eigenvalue weighted by Gasteiger charge is 2.30. The lowest BCUT2D eigenvalue weighted by molar-refractivity contribution is 0.118. The van der Waals surface area contributed by atoms with Crippen LogP contribution in [0.5, 0.6) is 11.5 Å². The molecule has 2 atom stereocenters. The molecule has 5 heteroatoms. The van der Waals surface area contributed by atoms with Gasteiger partial charge in [-0.2, -0.15) is 0 Å². The molecule has 0 bridgehead atoms. The molecule has 5 N–H and O–H groups in total. The molecular formula is C13H18ClNO3. The SMILES string of the molecule is NC(C1CCCC1)C(O)c1ccc(O)c(O)c1Cl. The Balaban J connectivity index is 2.22. The molecule has 0 amide bonds. The van der Waals surface area contributed by atoms with Gasteiger partial charge in [0.05, 0.1) is 11.1 Å². The highest BCUT2D eigenvalue weighted by atomic mass is 35.5. The zero-order chi connectivity index (χ0) is 13.3. The molecule has 2 rings (SSSR count). The number of benzene rings is 1. The fourth-order valence-corrected chi connectivity index (χ4v) is 2.88. The van der Waals surface area contributed by atoms with Crippen molar-refractivity contribution in [3.63, 3.8) is 0 Å². The van der Waals surface area contributed by atoms with Crippen LogP contribution in [-0.4, -0.2) is 21.4 Å². The van der Waals surface area contributed by atoms with Crippen LogP contribution in [-0.2, 0) is 0 Å². The quantitative estimate of drug-likeness (QED) is 0.636. The van der Waals surface area contributed by atoms with Crippen molar-refractivity contribution in [1.29, 1.82) is 0 Å². The predicted molar refractivity (Wildman–Crippen MR) is 69.7 cm³/mol. The van der Waals surface area contributed by atoms with Gasteiger partial charge in [-0.3, -0.25) is 0 Å². The number of phenols is 2. The molecule has 1 aromatic carbocycles. The summed E-state index contributed by atoms with van der Waals surface area (Å²) in [5.41, 5.74) is 6.43. The lowest BCUT2D eigenvalue weighted by Crippen LogP contribution is -2.35. The van der Waals surface area contributed by atoms with E-state index in [1.54, 1.807) is 0 Å². The van der Waals surface area contributed by atoms with Crippen molar-refractivity contribution in [2.45, 2.75) is 37.8 Å². The fraction of sp³-hybridized carbons (Fsp3) is 0.538. The number of nitrogens with two attached hydrogens (primary N) is 1. The van der Waals surface area contributed by atoms with Crippen LogP contribution in [0.15, 0.2) is 12.1 Å². The van der Waals surface area contributed by atoms with E-state index in [9.17, 15) is 15.3 Å². The minimum Gasteiger partial charge on any atom is -0.504 e. The first kappa shape index (κ1) is 13.5. The number of halogens is 1. The summed E-state index contributed by atoms with van der Waals surface area (Å²) in [6.07, 6.45) is 3.38. The summed E-state index contributed by atoms with van der Waals surface area (Å²) in [6, 6.07) is 2.41. The van der Waals surface area contributed by atoms with Crippen molar-refractivity contribution in [3.05, 3.63) is 22.7 Å². The minimum atomic E-state index is -0.924. The van der Waals surface area contributed by atoms with Gasteiger partial charge in [0.1, 0.15) is 0 Å². The summed E-state index contributed by atoms with van der Waals surface area (Å²) >= 11 is 5.92. The smallest absolute Gasteiger partial charge is 0.176 e. The molecule has 0 aliphatic heterocycles. The van der Waals surface area contributed by atoms with Crippen LogP contribution < -0.4 is 5.73 Å². The highest BCUT2D eigenvalue weighted by Crippen LogP contribution is 2.40. The number of rotatable bonds is 3. The van der Waals surface area contributed by atoms with Crippen molar-refractivity contribution in [1.82, 2.24) is 0 Å². The molecule has 1 aliphatic carbocycles. The van der Waals surface area contributed by atoms with Gasteiger partial charge in [0.15, 0.2) is 11.5 Å². The topological polar surface area (TPSA) is 86.7 Å². The Labute approximate surface area is 111 Å². The Bertz CT molecular complexity index is 432. The second kappa shape index (κ2) is 5.34. The van der Waals surface area contributed by atoms with Crippen LogP contribution >= 0.6 is 11.6 Å². The number of hydrogen-bond acceptors (Lipinski definition) is 4. The number of aliphatic hydroxyl groups excluding tert-OH is 1. The molecule has 0 aromatic heterocycles. The summed E-state index contributed by atoms with van der Waals surface area (Å²) in [6.45, 7) is 0. The molecule has 100 valence electrons. The fourth-order valence-electron chi connectivity index (χ4n) is 2.61. The lowest BCUT2D eigenvalue weighted by Gasteiger charge is -2.25. The Morgan fingerprint density at radius 2 is 1.83 bits per heavy atom. The van der Waals surface area contributed by atoms with Gasteiger partial charge in [-0.05, 0) is 24.8 Å². The van der Waals surface area contributed by atoms with Gasteiger partial charge in [0.2, 0.25) is 0 Å². The standard InChI is InChI=1S/C13H18ClNO3/c14-10-8(5-6-9(16)13(10)18)12(17)11(15)7-3-1-2-4-7/h5-7,11-12,16-18H,1-4,15H2. The van der Waals surface area contributed by atoms with E-state index in [0.717, 1.165) is 25.7 Å². The third-order valence-corrected chi connectivity index (χ3v) is 4.15. The van der Waals surface area contributed by atoms with E-state index in [1.165, 1.54) is 12.1 Å². The second-order valence-corrected chi connectivity index (χ2v) is 5.28. The molecule has 1 fully saturated rings. The maximum Gasteiger partial charge on any atom is 0.176 e. The molecule has 1 aromatic rings. The zero-order valence-corrected chi connectivity index (χ0v) is 10.8. The van der Waals surface area contributed by atoms with Gasteiger partial charge in [0.25, 0.3) is 0 Å². The monoisotopic (exact) mass is 271 g/mol. The Kier molecular flexibility index (Phi) is 4.00. The van der Waals surface area contributed by atoms with E-state index in [2.05, 4.69) is 0 Å². The van der Waals surface area contributed by atoms with Gasteiger partial charge in [0, 0.05) is 11.6 Å². The zero-order valence-electron chi connectivity index (χ0n) is 10.0. The molecule has 0 radical (unpaired) electrons. The second-order valence-electron chi connectivity index (χ2n) is 4.90. The largest absolute Gasteiger partial charge is 0.504 e. The van der Waals surface area contributed by atoms with Gasteiger partial charge >= 0.3 is 0 Å². The molecule has 0 spiro atoms. The molecule has 18 heavy (non-hydrogen) atoms. The van der Waals surface area contributed by atoms with Crippen molar-refractivity contribution < 1.29 is 15.3 Å². The Hall–Kier alpha value is -0.970. The molecule has 4 nitrogen and oxygen atoms in total. The van der Waals surface area contributed by atoms with E-state index in [1.807, 2.05) is 0 Å². The third kappa shape index (κ3) is 2.41.